The first-order valence-corrected chi connectivity index (χ1v) is 7.10. The normalized spacial score (nSPS) is 20.6. The summed E-state index contributed by atoms with van der Waals surface area (Å²) in [5.41, 5.74) is 8.15. The molecular formula is C15H23ClN2. The molecule has 1 aromatic carbocycles. The highest BCUT2D eigenvalue weighted by atomic mass is 35.5. The van der Waals surface area contributed by atoms with Crippen molar-refractivity contribution in [3.63, 3.8) is 0 Å². The molecule has 0 saturated carbocycles. The van der Waals surface area contributed by atoms with Crippen molar-refractivity contribution < 1.29 is 0 Å². The molecule has 0 unspecified atom stereocenters. The maximum atomic E-state index is 6.07. The van der Waals surface area contributed by atoms with Gasteiger partial charge in [0.05, 0.1) is 10.7 Å². The summed E-state index contributed by atoms with van der Waals surface area (Å²) >= 11 is 6.07. The van der Waals surface area contributed by atoms with Crippen LogP contribution in [0.4, 0.5) is 5.69 Å². The maximum absolute atomic E-state index is 6.07. The molecule has 0 amide bonds. The molecule has 0 aliphatic carbocycles. The van der Waals surface area contributed by atoms with E-state index in [9.17, 15) is 0 Å². The molecule has 0 radical (unpaired) electrons. The molecule has 0 atom stereocenters. The lowest BCUT2D eigenvalue weighted by molar-refractivity contribution is 0.256. The number of rotatable bonds is 2. The SMILES string of the molecule is CC1(C)CCCN(Cc2ccc(N)c(Cl)c2)CC1. The Hall–Kier alpha value is -0.730. The van der Waals surface area contributed by atoms with Crippen LogP contribution < -0.4 is 5.73 Å². The van der Waals surface area contributed by atoms with Crippen molar-refractivity contribution >= 4 is 17.3 Å². The van der Waals surface area contributed by atoms with Gasteiger partial charge in [-0.2, -0.15) is 0 Å². The van der Waals surface area contributed by atoms with Gasteiger partial charge in [0.15, 0.2) is 0 Å². The fourth-order valence-electron chi connectivity index (χ4n) is 2.56. The largest absolute Gasteiger partial charge is 0.398 e. The summed E-state index contributed by atoms with van der Waals surface area (Å²) in [5, 5.41) is 0.669. The molecule has 3 heteroatoms. The predicted molar refractivity (Wildman–Crippen MR) is 78.8 cm³/mol. The Labute approximate surface area is 115 Å². The van der Waals surface area contributed by atoms with Crippen molar-refractivity contribution in [2.24, 2.45) is 5.41 Å². The van der Waals surface area contributed by atoms with Gasteiger partial charge in [0, 0.05) is 6.54 Å². The van der Waals surface area contributed by atoms with E-state index in [4.69, 9.17) is 17.3 Å². The quantitative estimate of drug-likeness (QED) is 0.822. The molecule has 1 fully saturated rings. The van der Waals surface area contributed by atoms with E-state index in [-0.39, 0.29) is 0 Å². The second-order valence-corrected chi connectivity index (χ2v) is 6.56. The van der Waals surface area contributed by atoms with Crippen LogP contribution in [0.25, 0.3) is 0 Å². The van der Waals surface area contributed by atoms with Crippen molar-refractivity contribution in [3.8, 4) is 0 Å². The van der Waals surface area contributed by atoms with Crippen LogP contribution in [0, 0.1) is 5.41 Å². The Morgan fingerprint density at radius 2 is 2.06 bits per heavy atom. The fraction of sp³-hybridized carbons (Fsp3) is 0.600. The van der Waals surface area contributed by atoms with Crippen LogP contribution in [-0.2, 0) is 6.54 Å². The van der Waals surface area contributed by atoms with Crippen LogP contribution in [0.2, 0.25) is 5.02 Å². The highest BCUT2D eigenvalue weighted by molar-refractivity contribution is 6.33. The summed E-state index contributed by atoms with van der Waals surface area (Å²) in [6.45, 7) is 8.09. The molecule has 2 nitrogen and oxygen atoms in total. The lowest BCUT2D eigenvalue weighted by Gasteiger charge is -2.23. The van der Waals surface area contributed by atoms with Gasteiger partial charge >= 0.3 is 0 Å². The number of nitrogens with zero attached hydrogens (tertiary/aromatic N) is 1. The highest BCUT2D eigenvalue weighted by Gasteiger charge is 2.22. The van der Waals surface area contributed by atoms with Crippen LogP contribution in [0.5, 0.6) is 0 Å². The first-order chi connectivity index (χ1) is 8.46. The zero-order chi connectivity index (χ0) is 13.2. The van der Waals surface area contributed by atoms with Gasteiger partial charge < -0.3 is 5.73 Å². The molecule has 0 spiro atoms. The number of halogens is 1. The minimum atomic E-state index is 0.494. The van der Waals surface area contributed by atoms with E-state index in [0.717, 1.165) is 6.54 Å². The summed E-state index contributed by atoms with van der Waals surface area (Å²) in [6, 6.07) is 5.98. The minimum Gasteiger partial charge on any atom is -0.398 e. The van der Waals surface area contributed by atoms with Gasteiger partial charge in [-0.15, -0.1) is 0 Å². The molecule has 1 aliphatic rings. The molecule has 1 saturated heterocycles. The Bertz CT molecular complexity index is 415. The summed E-state index contributed by atoms with van der Waals surface area (Å²) < 4.78 is 0. The Morgan fingerprint density at radius 1 is 1.28 bits per heavy atom. The first kappa shape index (κ1) is 13.7. The molecule has 1 aliphatic heterocycles. The van der Waals surface area contributed by atoms with E-state index in [1.807, 2.05) is 12.1 Å². The van der Waals surface area contributed by atoms with Crippen LogP contribution in [0.3, 0.4) is 0 Å². The van der Waals surface area contributed by atoms with Crippen LogP contribution in [0.1, 0.15) is 38.7 Å². The predicted octanol–water partition coefficient (Wildman–Crippen LogP) is 3.93. The zero-order valence-corrected chi connectivity index (χ0v) is 12.1. The molecule has 2 rings (SSSR count). The highest BCUT2D eigenvalue weighted by Crippen LogP contribution is 2.30. The number of anilines is 1. The lowest BCUT2D eigenvalue weighted by atomic mass is 9.85. The summed E-state index contributed by atoms with van der Waals surface area (Å²) in [6.07, 6.45) is 3.89. The van der Waals surface area contributed by atoms with Gasteiger partial charge in [0.1, 0.15) is 0 Å². The number of benzene rings is 1. The third kappa shape index (κ3) is 3.63. The third-order valence-electron chi connectivity index (χ3n) is 3.90. The van der Waals surface area contributed by atoms with Gasteiger partial charge in [-0.3, -0.25) is 4.90 Å². The minimum absolute atomic E-state index is 0.494. The Kier molecular flexibility index (Phi) is 4.18. The number of nitrogen functional groups attached to an aromatic ring is 1. The van der Waals surface area contributed by atoms with E-state index in [2.05, 4.69) is 24.8 Å². The fourth-order valence-corrected chi connectivity index (χ4v) is 2.77. The average molecular weight is 267 g/mol. The lowest BCUT2D eigenvalue weighted by Crippen LogP contribution is -2.25. The maximum Gasteiger partial charge on any atom is 0.0638 e. The van der Waals surface area contributed by atoms with Gasteiger partial charge in [0.2, 0.25) is 0 Å². The van der Waals surface area contributed by atoms with Gasteiger partial charge in [-0.05, 0) is 55.5 Å². The second kappa shape index (κ2) is 5.50. The molecule has 2 N–H and O–H groups in total. The Morgan fingerprint density at radius 3 is 2.78 bits per heavy atom. The molecule has 1 heterocycles. The summed E-state index contributed by atoms with van der Waals surface area (Å²) in [7, 11) is 0. The van der Waals surface area contributed by atoms with Crippen LogP contribution >= 0.6 is 11.6 Å². The van der Waals surface area contributed by atoms with Crippen LogP contribution in [-0.4, -0.2) is 18.0 Å². The molecular weight excluding hydrogens is 244 g/mol. The van der Waals surface area contributed by atoms with E-state index >= 15 is 0 Å². The number of hydrogen-bond acceptors (Lipinski definition) is 2. The van der Waals surface area contributed by atoms with Crippen molar-refractivity contribution in [2.75, 3.05) is 18.8 Å². The number of likely N-dealkylation sites (tertiary alicyclic amines) is 1. The Balaban J connectivity index is 1.98. The number of hydrogen-bond donors (Lipinski definition) is 1. The van der Waals surface area contributed by atoms with Crippen molar-refractivity contribution in [1.29, 1.82) is 0 Å². The first-order valence-electron chi connectivity index (χ1n) is 6.73. The second-order valence-electron chi connectivity index (χ2n) is 6.15. The summed E-state index contributed by atoms with van der Waals surface area (Å²) in [4.78, 5) is 2.52. The third-order valence-corrected chi connectivity index (χ3v) is 4.23. The van der Waals surface area contributed by atoms with Crippen molar-refractivity contribution in [1.82, 2.24) is 4.90 Å². The topological polar surface area (TPSA) is 29.3 Å². The van der Waals surface area contributed by atoms with Crippen molar-refractivity contribution in [2.45, 2.75) is 39.7 Å². The van der Waals surface area contributed by atoms with E-state index in [1.54, 1.807) is 0 Å². The molecule has 1 aromatic rings. The van der Waals surface area contributed by atoms with E-state index in [1.165, 1.54) is 37.9 Å². The van der Waals surface area contributed by atoms with Crippen molar-refractivity contribution in [3.05, 3.63) is 28.8 Å². The van der Waals surface area contributed by atoms with Gasteiger partial charge in [0.25, 0.3) is 0 Å². The van der Waals surface area contributed by atoms with E-state index < -0.39 is 0 Å². The molecule has 100 valence electrons. The number of nitrogens with two attached hydrogens (primary N) is 1. The molecule has 0 aromatic heterocycles. The standard InChI is InChI=1S/C15H23ClN2/c1-15(2)6-3-8-18(9-7-15)11-12-4-5-14(17)13(16)10-12/h4-5,10H,3,6-9,11,17H2,1-2H3. The monoisotopic (exact) mass is 266 g/mol. The van der Waals surface area contributed by atoms with E-state index in [0.29, 0.717) is 16.1 Å². The van der Waals surface area contributed by atoms with Gasteiger partial charge in [-0.1, -0.05) is 31.5 Å². The van der Waals surface area contributed by atoms with Crippen LogP contribution in [0.15, 0.2) is 18.2 Å². The zero-order valence-electron chi connectivity index (χ0n) is 11.4. The molecule has 0 bridgehead atoms. The van der Waals surface area contributed by atoms with Gasteiger partial charge in [-0.25, -0.2) is 0 Å². The average Bonchev–Trinajstić information content (AvgIpc) is 2.46. The molecule has 18 heavy (non-hydrogen) atoms. The summed E-state index contributed by atoms with van der Waals surface area (Å²) in [5.74, 6) is 0. The smallest absolute Gasteiger partial charge is 0.0638 e.